The Balaban J connectivity index is 4.18. The van der Waals surface area contributed by atoms with Crippen LogP contribution in [0.2, 0.25) is 0 Å². The van der Waals surface area contributed by atoms with Gasteiger partial charge in [0.2, 0.25) is 0 Å². The van der Waals surface area contributed by atoms with Crippen LogP contribution in [0.1, 0.15) is 13.3 Å². The predicted molar refractivity (Wildman–Crippen MR) is 46.8 cm³/mol. The molecule has 0 fully saturated rings. The van der Waals surface area contributed by atoms with Crippen LogP contribution in [-0.4, -0.2) is 39.0 Å². The molecule has 0 saturated heterocycles. The van der Waals surface area contributed by atoms with Gasteiger partial charge in [0, 0.05) is 6.42 Å². The highest BCUT2D eigenvalue weighted by Crippen LogP contribution is 2.32. The van der Waals surface area contributed by atoms with Crippen molar-refractivity contribution < 1.29 is 29.0 Å². The number of carboxylic acid groups (broad SMARTS) is 1. The summed E-state index contributed by atoms with van der Waals surface area (Å²) in [7, 11) is -4.29. The summed E-state index contributed by atoms with van der Waals surface area (Å²) in [6.07, 6.45) is -1.05. The van der Waals surface area contributed by atoms with Crippen molar-refractivity contribution in [3.05, 3.63) is 0 Å². The molecule has 7 nitrogen and oxygen atoms in total. The number of carbonyl (C=O) groups excluding carboxylic acids is 1. The minimum atomic E-state index is -4.29. The molecule has 0 aliphatic rings. The lowest BCUT2D eigenvalue weighted by Gasteiger charge is -2.13. The van der Waals surface area contributed by atoms with Crippen molar-refractivity contribution in [1.82, 2.24) is 5.32 Å². The van der Waals surface area contributed by atoms with Gasteiger partial charge in [0.25, 0.3) is 0 Å². The fourth-order valence-corrected chi connectivity index (χ4v) is 1.22. The minimum Gasteiger partial charge on any atom is -0.480 e. The van der Waals surface area contributed by atoms with Crippen molar-refractivity contribution in [3.8, 4) is 0 Å². The molecule has 1 atom stereocenters. The van der Waals surface area contributed by atoms with Crippen LogP contribution in [0.25, 0.3) is 0 Å². The van der Waals surface area contributed by atoms with E-state index in [-0.39, 0.29) is 12.2 Å². The molecule has 14 heavy (non-hydrogen) atoms. The molecule has 0 heterocycles. The van der Waals surface area contributed by atoms with Gasteiger partial charge in [-0.05, 0) is 6.92 Å². The van der Waals surface area contributed by atoms with Gasteiger partial charge >= 0.3 is 13.6 Å². The van der Waals surface area contributed by atoms with Crippen LogP contribution in [0.15, 0.2) is 0 Å². The van der Waals surface area contributed by atoms with Gasteiger partial charge < -0.3 is 14.9 Å². The summed E-state index contributed by atoms with van der Waals surface area (Å²) >= 11 is 0. The second kappa shape index (κ2) is 5.21. The van der Waals surface area contributed by atoms with Crippen molar-refractivity contribution in [1.29, 1.82) is 0 Å². The van der Waals surface area contributed by atoms with E-state index >= 15 is 0 Å². The number of aliphatic carboxylic acids is 1. The second-order valence-electron chi connectivity index (χ2n) is 2.82. The Labute approximate surface area is 80.3 Å². The standard InChI is InChI=1S/C6H12NO6P/c1-4(8)2-5(6(9)10)7-3-14(11,12)13/h5,7H,2-3H2,1H3,(H,9,10)(H2,11,12,13). The van der Waals surface area contributed by atoms with E-state index in [0.29, 0.717) is 0 Å². The van der Waals surface area contributed by atoms with Gasteiger partial charge in [-0.25, -0.2) is 0 Å². The van der Waals surface area contributed by atoms with E-state index in [1.54, 1.807) is 0 Å². The second-order valence-corrected chi connectivity index (χ2v) is 4.47. The molecule has 0 aromatic heterocycles. The Morgan fingerprint density at radius 1 is 1.43 bits per heavy atom. The van der Waals surface area contributed by atoms with E-state index in [4.69, 9.17) is 14.9 Å². The van der Waals surface area contributed by atoms with Crippen molar-refractivity contribution in [2.24, 2.45) is 0 Å². The number of ketones is 1. The summed E-state index contributed by atoms with van der Waals surface area (Å²) in [6.45, 7) is 1.20. The Morgan fingerprint density at radius 2 is 1.93 bits per heavy atom. The van der Waals surface area contributed by atoms with Gasteiger partial charge in [-0.1, -0.05) is 0 Å². The molecule has 4 N–H and O–H groups in total. The number of nitrogens with one attached hydrogen (secondary N) is 1. The van der Waals surface area contributed by atoms with Gasteiger partial charge in [0.05, 0.1) is 6.29 Å². The zero-order valence-electron chi connectivity index (χ0n) is 7.51. The zero-order valence-corrected chi connectivity index (χ0v) is 8.40. The molecular weight excluding hydrogens is 213 g/mol. The van der Waals surface area contributed by atoms with Crippen LogP contribution in [-0.2, 0) is 14.2 Å². The number of hydrogen-bond donors (Lipinski definition) is 4. The van der Waals surface area contributed by atoms with Crippen LogP contribution in [0.3, 0.4) is 0 Å². The van der Waals surface area contributed by atoms with Crippen LogP contribution in [0.4, 0.5) is 0 Å². The van der Waals surface area contributed by atoms with E-state index in [9.17, 15) is 14.2 Å². The first-order valence-electron chi connectivity index (χ1n) is 3.72. The van der Waals surface area contributed by atoms with Gasteiger partial charge in [-0.15, -0.1) is 0 Å². The van der Waals surface area contributed by atoms with Crippen LogP contribution < -0.4 is 5.32 Å². The molecule has 8 heteroatoms. The lowest BCUT2D eigenvalue weighted by Crippen LogP contribution is -2.38. The first-order chi connectivity index (χ1) is 6.22. The van der Waals surface area contributed by atoms with E-state index < -0.39 is 25.9 Å². The van der Waals surface area contributed by atoms with Crippen LogP contribution >= 0.6 is 7.60 Å². The number of hydrogen-bond acceptors (Lipinski definition) is 4. The molecule has 0 radical (unpaired) electrons. The average Bonchev–Trinajstić information content (AvgIpc) is 1.94. The van der Waals surface area contributed by atoms with E-state index in [0.717, 1.165) is 0 Å². The van der Waals surface area contributed by atoms with Gasteiger partial charge in [0.1, 0.15) is 11.8 Å². The highest BCUT2D eigenvalue weighted by Gasteiger charge is 2.22. The minimum absolute atomic E-state index is 0.296. The van der Waals surface area contributed by atoms with E-state index in [2.05, 4.69) is 5.32 Å². The summed E-state index contributed by atoms with van der Waals surface area (Å²) in [5.41, 5.74) is 0. The number of Topliss-reactive ketones (excluding diaryl/α,β-unsaturated/α-hetero) is 1. The largest absolute Gasteiger partial charge is 0.480 e. The summed E-state index contributed by atoms with van der Waals surface area (Å²) in [6, 6.07) is -1.25. The summed E-state index contributed by atoms with van der Waals surface area (Å²) in [5.74, 6) is -1.68. The van der Waals surface area contributed by atoms with Crippen molar-refractivity contribution in [2.45, 2.75) is 19.4 Å². The third-order valence-electron chi connectivity index (χ3n) is 1.33. The first-order valence-corrected chi connectivity index (χ1v) is 5.52. The summed E-state index contributed by atoms with van der Waals surface area (Å²) < 4.78 is 10.4. The number of rotatable bonds is 6. The molecule has 0 spiro atoms. The Kier molecular flexibility index (Phi) is 4.93. The lowest BCUT2D eigenvalue weighted by atomic mass is 10.1. The van der Waals surface area contributed by atoms with Crippen molar-refractivity contribution in [2.75, 3.05) is 6.29 Å². The van der Waals surface area contributed by atoms with Crippen molar-refractivity contribution in [3.63, 3.8) is 0 Å². The Hall–Kier alpha value is -0.750. The molecule has 0 aliphatic heterocycles. The summed E-state index contributed by atoms with van der Waals surface area (Å²) in [4.78, 5) is 38.0. The smallest absolute Gasteiger partial charge is 0.339 e. The SMILES string of the molecule is CC(=O)CC(NCP(=O)(O)O)C(=O)O. The highest BCUT2D eigenvalue weighted by atomic mass is 31.2. The molecular formula is C6H12NO6P. The monoisotopic (exact) mass is 225 g/mol. The van der Waals surface area contributed by atoms with Gasteiger partial charge in [-0.3, -0.25) is 19.5 Å². The molecule has 0 aromatic carbocycles. The fraction of sp³-hybridized carbons (Fsp3) is 0.667. The van der Waals surface area contributed by atoms with E-state index in [1.807, 2.05) is 0 Å². The molecule has 0 aromatic rings. The Morgan fingerprint density at radius 3 is 2.21 bits per heavy atom. The maximum atomic E-state index is 10.6. The third kappa shape index (κ3) is 6.73. The Bertz CT molecular complexity index is 271. The molecule has 0 saturated carbocycles. The molecule has 82 valence electrons. The normalized spacial score (nSPS) is 13.6. The number of carbonyl (C=O) groups is 2. The maximum Gasteiger partial charge on any atom is 0.339 e. The van der Waals surface area contributed by atoms with Gasteiger partial charge in [0.15, 0.2) is 0 Å². The van der Waals surface area contributed by atoms with Crippen LogP contribution in [0.5, 0.6) is 0 Å². The van der Waals surface area contributed by atoms with E-state index in [1.165, 1.54) is 6.92 Å². The zero-order chi connectivity index (χ0) is 11.4. The quantitative estimate of drug-likeness (QED) is 0.433. The molecule has 0 amide bonds. The average molecular weight is 225 g/mol. The maximum absolute atomic E-state index is 10.6. The summed E-state index contributed by atoms with van der Waals surface area (Å²) in [5, 5.41) is 10.7. The topological polar surface area (TPSA) is 124 Å². The van der Waals surface area contributed by atoms with Crippen molar-refractivity contribution >= 4 is 19.3 Å². The number of carboxylic acids is 1. The molecule has 1 unspecified atom stereocenters. The van der Waals surface area contributed by atoms with Crippen LogP contribution in [0, 0.1) is 0 Å². The predicted octanol–water partition coefficient (Wildman–Crippen LogP) is -0.857. The molecule has 0 bridgehead atoms. The first kappa shape index (κ1) is 13.2. The lowest BCUT2D eigenvalue weighted by molar-refractivity contribution is -0.141. The fourth-order valence-electron chi connectivity index (χ4n) is 0.763. The molecule has 0 aliphatic carbocycles. The molecule has 0 rings (SSSR count). The third-order valence-corrected chi connectivity index (χ3v) is 1.93. The highest BCUT2D eigenvalue weighted by molar-refractivity contribution is 7.51. The van der Waals surface area contributed by atoms with Gasteiger partial charge in [-0.2, -0.15) is 0 Å².